The minimum absolute atomic E-state index is 0.0604. The zero-order valence-electron chi connectivity index (χ0n) is 12.5. The second-order valence-electron chi connectivity index (χ2n) is 5.27. The van der Waals surface area contributed by atoms with Gasteiger partial charge in [0.1, 0.15) is 11.7 Å². The summed E-state index contributed by atoms with van der Waals surface area (Å²) in [5.41, 5.74) is 6.97. The molecule has 0 saturated heterocycles. The molecule has 4 N–H and O–H groups in total. The molecule has 0 aliphatic heterocycles. The number of fused-ring (bicyclic) bond motifs is 1. The van der Waals surface area contributed by atoms with E-state index in [-0.39, 0.29) is 19.3 Å². The maximum atomic E-state index is 12.0. The number of primary amides is 1. The molecule has 1 aromatic carbocycles. The van der Waals surface area contributed by atoms with Gasteiger partial charge in [0.05, 0.1) is 6.42 Å². The van der Waals surface area contributed by atoms with Crippen molar-refractivity contribution in [1.29, 1.82) is 0 Å². The van der Waals surface area contributed by atoms with E-state index in [4.69, 9.17) is 15.4 Å². The lowest BCUT2D eigenvalue weighted by Gasteiger charge is -2.13. The van der Waals surface area contributed by atoms with Crippen LogP contribution >= 0.6 is 0 Å². The molecule has 1 unspecified atom stereocenters. The van der Waals surface area contributed by atoms with E-state index in [0.29, 0.717) is 16.7 Å². The van der Waals surface area contributed by atoms with Crippen molar-refractivity contribution in [3.63, 3.8) is 0 Å². The van der Waals surface area contributed by atoms with Crippen molar-refractivity contribution in [2.45, 2.75) is 32.2 Å². The van der Waals surface area contributed by atoms with Gasteiger partial charge in [0.25, 0.3) is 0 Å². The number of hydrogen-bond donors (Lipinski definition) is 3. The molecule has 8 heteroatoms. The fraction of sp³-hybridized carbons (Fsp3) is 0.333. The minimum atomic E-state index is -1.22. The van der Waals surface area contributed by atoms with Crippen LogP contribution in [0.4, 0.5) is 0 Å². The Labute approximate surface area is 131 Å². The first-order valence-corrected chi connectivity index (χ1v) is 7.02. The predicted octanol–water partition coefficient (Wildman–Crippen LogP) is 0.514. The van der Waals surface area contributed by atoms with Crippen molar-refractivity contribution < 1.29 is 24.0 Å². The SMILES string of the molecule is Cc1ccc2onc(CC(=O)NC(CCC(N)=O)C(=O)O)c2c1. The summed E-state index contributed by atoms with van der Waals surface area (Å²) in [6, 6.07) is 4.29. The van der Waals surface area contributed by atoms with E-state index in [1.54, 1.807) is 6.07 Å². The number of aryl methyl sites for hydroxylation is 1. The second-order valence-corrected chi connectivity index (χ2v) is 5.27. The molecule has 1 heterocycles. The van der Waals surface area contributed by atoms with Crippen molar-refractivity contribution in [1.82, 2.24) is 10.5 Å². The maximum Gasteiger partial charge on any atom is 0.326 e. The Kier molecular flexibility index (Phi) is 4.95. The Morgan fingerprint density at radius 3 is 2.78 bits per heavy atom. The summed E-state index contributed by atoms with van der Waals surface area (Å²) in [6.07, 6.45) is -0.296. The summed E-state index contributed by atoms with van der Waals surface area (Å²) in [5, 5.41) is 16.0. The Morgan fingerprint density at radius 2 is 2.13 bits per heavy atom. The zero-order chi connectivity index (χ0) is 17.0. The van der Waals surface area contributed by atoms with Crippen LogP contribution in [-0.2, 0) is 20.8 Å². The molecule has 1 atom stereocenters. The molecule has 8 nitrogen and oxygen atoms in total. The van der Waals surface area contributed by atoms with Gasteiger partial charge in [-0.3, -0.25) is 9.59 Å². The summed E-state index contributed by atoms with van der Waals surface area (Å²) in [6.45, 7) is 1.90. The number of nitrogens with two attached hydrogens (primary N) is 1. The average molecular weight is 319 g/mol. The first kappa shape index (κ1) is 16.5. The Balaban J connectivity index is 2.06. The van der Waals surface area contributed by atoms with Gasteiger partial charge < -0.3 is 20.7 Å². The molecular weight excluding hydrogens is 302 g/mol. The molecule has 2 rings (SSSR count). The molecular formula is C15H17N3O5. The van der Waals surface area contributed by atoms with Crippen LogP contribution in [0.3, 0.4) is 0 Å². The van der Waals surface area contributed by atoms with Crippen LogP contribution in [0.15, 0.2) is 22.7 Å². The first-order chi connectivity index (χ1) is 10.9. The quantitative estimate of drug-likeness (QED) is 0.680. The van der Waals surface area contributed by atoms with Gasteiger partial charge in [0.2, 0.25) is 11.8 Å². The van der Waals surface area contributed by atoms with Gasteiger partial charge in [-0.2, -0.15) is 0 Å². The maximum absolute atomic E-state index is 12.0. The third kappa shape index (κ3) is 4.29. The van der Waals surface area contributed by atoms with Gasteiger partial charge in [-0.05, 0) is 25.5 Å². The third-order valence-corrected chi connectivity index (χ3v) is 3.34. The fourth-order valence-electron chi connectivity index (χ4n) is 2.17. The Hall–Kier alpha value is -2.90. The topological polar surface area (TPSA) is 136 Å². The number of benzene rings is 1. The number of nitrogens with zero attached hydrogens (tertiary/aromatic N) is 1. The lowest BCUT2D eigenvalue weighted by atomic mass is 10.1. The van der Waals surface area contributed by atoms with Gasteiger partial charge >= 0.3 is 5.97 Å². The Morgan fingerprint density at radius 1 is 1.39 bits per heavy atom. The van der Waals surface area contributed by atoms with Crippen molar-refractivity contribution in [2.24, 2.45) is 5.73 Å². The van der Waals surface area contributed by atoms with Gasteiger partial charge in [-0.1, -0.05) is 16.8 Å². The van der Waals surface area contributed by atoms with Crippen molar-refractivity contribution in [2.75, 3.05) is 0 Å². The number of aromatic nitrogens is 1. The number of carboxylic acids is 1. The van der Waals surface area contributed by atoms with Crippen LogP contribution in [0.2, 0.25) is 0 Å². The molecule has 0 bridgehead atoms. The standard InChI is InChI=1S/C15H17N3O5/c1-8-2-4-12-9(6-8)11(18-23-12)7-14(20)17-10(15(21)22)3-5-13(16)19/h2,4,6,10H,3,5,7H2,1H3,(H2,16,19)(H,17,20)(H,21,22). The lowest BCUT2D eigenvalue weighted by Crippen LogP contribution is -2.42. The number of carboxylic acid groups (broad SMARTS) is 1. The summed E-state index contributed by atoms with van der Waals surface area (Å²) in [5.74, 6) is -2.36. The van der Waals surface area contributed by atoms with Gasteiger partial charge in [0, 0.05) is 11.8 Å². The van der Waals surface area contributed by atoms with Crippen LogP contribution < -0.4 is 11.1 Å². The van der Waals surface area contributed by atoms with E-state index in [2.05, 4.69) is 10.5 Å². The van der Waals surface area contributed by atoms with Gasteiger partial charge in [-0.25, -0.2) is 4.79 Å². The van der Waals surface area contributed by atoms with Crippen molar-refractivity contribution in [3.8, 4) is 0 Å². The number of amides is 2. The van der Waals surface area contributed by atoms with Gasteiger partial charge in [-0.15, -0.1) is 0 Å². The number of carbonyl (C=O) groups is 3. The smallest absolute Gasteiger partial charge is 0.326 e. The highest BCUT2D eigenvalue weighted by Gasteiger charge is 2.22. The van der Waals surface area contributed by atoms with Crippen molar-refractivity contribution in [3.05, 3.63) is 29.5 Å². The number of aliphatic carboxylic acids is 1. The Bertz CT molecular complexity index is 753. The molecule has 0 aliphatic carbocycles. The van der Waals surface area contributed by atoms with E-state index >= 15 is 0 Å². The molecule has 0 radical (unpaired) electrons. The minimum Gasteiger partial charge on any atom is -0.480 e. The fourth-order valence-corrected chi connectivity index (χ4v) is 2.17. The predicted molar refractivity (Wildman–Crippen MR) is 80.4 cm³/mol. The molecule has 1 aromatic heterocycles. The van der Waals surface area contributed by atoms with E-state index in [1.165, 1.54) is 0 Å². The number of rotatable bonds is 7. The molecule has 23 heavy (non-hydrogen) atoms. The third-order valence-electron chi connectivity index (χ3n) is 3.34. The molecule has 122 valence electrons. The van der Waals surface area contributed by atoms with Crippen LogP contribution in [0.1, 0.15) is 24.1 Å². The normalized spacial score (nSPS) is 12.0. The lowest BCUT2D eigenvalue weighted by molar-refractivity contribution is -0.142. The van der Waals surface area contributed by atoms with E-state index in [0.717, 1.165) is 5.56 Å². The molecule has 0 aliphatic rings. The largest absolute Gasteiger partial charge is 0.480 e. The van der Waals surface area contributed by atoms with Crippen LogP contribution in [0.25, 0.3) is 11.0 Å². The summed E-state index contributed by atoms with van der Waals surface area (Å²) in [7, 11) is 0. The van der Waals surface area contributed by atoms with Crippen LogP contribution in [0.5, 0.6) is 0 Å². The summed E-state index contributed by atoms with van der Waals surface area (Å²) >= 11 is 0. The summed E-state index contributed by atoms with van der Waals surface area (Å²) < 4.78 is 5.13. The highest BCUT2D eigenvalue weighted by atomic mass is 16.5. The van der Waals surface area contributed by atoms with Gasteiger partial charge in [0.15, 0.2) is 5.58 Å². The van der Waals surface area contributed by atoms with E-state index in [1.807, 2.05) is 19.1 Å². The van der Waals surface area contributed by atoms with E-state index < -0.39 is 23.8 Å². The number of carbonyl (C=O) groups excluding carboxylic acids is 2. The number of hydrogen-bond acceptors (Lipinski definition) is 5. The molecule has 0 spiro atoms. The van der Waals surface area contributed by atoms with E-state index in [9.17, 15) is 14.4 Å². The van der Waals surface area contributed by atoms with Crippen molar-refractivity contribution >= 4 is 28.8 Å². The molecule has 2 aromatic rings. The highest BCUT2D eigenvalue weighted by molar-refractivity contribution is 5.89. The average Bonchev–Trinajstić information content (AvgIpc) is 2.85. The summed E-state index contributed by atoms with van der Waals surface area (Å²) in [4.78, 5) is 33.9. The first-order valence-electron chi connectivity index (χ1n) is 7.02. The molecule has 0 saturated carbocycles. The molecule has 2 amide bonds. The number of nitrogens with one attached hydrogen (secondary N) is 1. The van der Waals surface area contributed by atoms with Crippen LogP contribution in [-0.4, -0.2) is 34.1 Å². The second kappa shape index (κ2) is 6.91. The highest BCUT2D eigenvalue weighted by Crippen LogP contribution is 2.20. The zero-order valence-corrected chi connectivity index (χ0v) is 12.5. The molecule has 0 fully saturated rings. The van der Waals surface area contributed by atoms with Crippen LogP contribution in [0, 0.1) is 6.92 Å². The monoisotopic (exact) mass is 319 g/mol.